The molecule has 2 aromatic carbocycles. The minimum absolute atomic E-state index is 0.0719. The minimum Gasteiger partial charge on any atom is -0.804 e. The third-order valence-corrected chi connectivity index (χ3v) is 5.35. The van der Waals surface area contributed by atoms with Crippen LogP contribution in [0.3, 0.4) is 0 Å². The van der Waals surface area contributed by atoms with Crippen molar-refractivity contribution < 1.29 is 4.43 Å². The quantitative estimate of drug-likeness (QED) is 0.598. The standard InChI is InChI=1S/C19H15Cl2N5O2/c20-13-1-4-15(5-2-13)23-7-9-24(10-8-23)19-18(12-22)25(27)17-11-14(21)3-6-16(17)26(19)28/h1-6,11H,7-10H2. The zero-order chi connectivity index (χ0) is 19.8. The second kappa shape index (κ2) is 7.23. The number of hydrogen-bond donors (Lipinski definition) is 0. The normalized spacial score (nSPS) is 14.3. The monoisotopic (exact) mass is 415 g/mol. The van der Waals surface area contributed by atoms with Gasteiger partial charge in [-0.3, -0.25) is 4.90 Å². The van der Waals surface area contributed by atoms with Crippen LogP contribution in [0, 0.1) is 21.4 Å². The predicted molar refractivity (Wildman–Crippen MR) is 110 cm³/mol. The molecule has 0 aliphatic carbocycles. The highest BCUT2D eigenvalue weighted by Crippen LogP contribution is 2.25. The average molecular weight is 416 g/mol. The molecule has 0 atom stereocenters. The Labute approximate surface area is 170 Å². The van der Waals surface area contributed by atoms with Crippen LogP contribution in [0.2, 0.25) is 10.0 Å². The van der Waals surface area contributed by atoms with Gasteiger partial charge in [0.1, 0.15) is 19.2 Å². The van der Waals surface area contributed by atoms with Crippen molar-refractivity contribution in [2.45, 2.75) is 0 Å². The Morgan fingerprint density at radius 2 is 1.57 bits per heavy atom. The van der Waals surface area contributed by atoms with Crippen LogP contribution in [-0.4, -0.2) is 30.9 Å². The topological polar surface area (TPSA) is 81.2 Å². The van der Waals surface area contributed by atoms with Gasteiger partial charge in [-0.1, -0.05) is 28.1 Å². The van der Waals surface area contributed by atoms with Crippen molar-refractivity contribution in [2.24, 2.45) is 0 Å². The van der Waals surface area contributed by atoms with Gasteiger partial charge < -0.3 is 14.8 Å². The maximum absolute atomic E-state index is 13.0. The van der Waals surface area contributed by atoms with Crippen LogP contribution in [0.5, 0.6) is 0 Å². The van der Waals surface area contributed by atoms with Crippen LogP contribution in [0.25, 0.3) is 11.0 Å². The number of nitriles is 1. The smallest absolute Gasteiger partial charge is 0.356 e. The molecule has 1 saturated heterocycles. The highest BCUT2D eigenvalue weighted by atomic mass is 35.5. The van der Waals surface area contributed by atoms with Gasteiger partial charge in [0.15, 0.2) is 0 Å². The molecule has 2 heterocycles. The summed E-state index contributed by atoms with van der Waals surface area (Å²) in [5.74, 6) is 0.0723. The average Bonchev–Trinajstić information content (AvgIpc) is 2.71. The lowest BCUT2D eigenvalue weighted by atomic mass is 10.2. The molecule has 28 heavy (non-hydrogen) atoms. The number of fused-ring (bicyclic) bond motifs is 1. The molecule has 1 aromatic heterocycles. The van der Waals surface area contributed by atoms with E-state index in [9.17, 15) is 15.4 Å². The second-order valence-corrected chi connectivity index (χ2v) is 7.33. The Morgan fingerprint density at radius 3 is 2.21 bits per heavy atom. The fourth-order valence-corrected chi connectivity index (χ4v) is 3.75. The fourth-order valence-electron chi connectivity index (χ4n) is 3.45. The largest absolute Gasteiger partial charge is 0.804 e. The molecule has 1 aliphatic heterocycles. The van der Waals surface area contributed by atoms with Crippen molar-refractivity contribution in [1.82, 2.24) is 4.73 Å². The van der Waals surface area contributed by atoms with Gasteiger partial charge in [0.05, 0.1) is 18.6 Å². The summed E-state index contributed by atoms with van der Waals surface area (Å²) in [6.45, 7) is 2.28. The van der Waals surface area contributed by atoms with Gasteiger partial charge in [0.25, 0.3) is 0 Å². The molecule has 0 saturated carbocycles. The molecule has 0 radical (unpaired) electrons. The second-order valence-electron chi connectivity index (χ2n) is 6.46. The van der Waals surface area contributed by atoms with Crippen molar-refractivity contribution in [1.29, 1.82) is 5.26 Å². The van der Waals surface area contributed by atoms with Crippen LogP contribution < -0.4 is 14.2 Å². The van der Waals surface area contributed by atoms with Gasteiger partial charge in [-0.25, -0.2) is 0 Å². The SMILES string of the molecule is N#Cc1c(N2CCN(c3ccc(Cl)cc3)CC2)[n+](=O)c2ccc(Cl)cc2n1[O-]. The van der Waals surface area contributed by atoms with E-state index in [-0.39, 0.29) is 22.5 Å². The molecule has 1 fully saturated rings. The van der Waals surface area contributed by atoms with E-state index in [1.54, 1.807) is 11.0 Å². The zero-order valence-electron chi connectivity index (χ0n) is 14.7. The Hall–Kier alpha value is -2.95. The highest BCUT2D eigenvalue weighted by Gasteiger charge is 2.31. The maximum atomic E-state index is 13.0. The molecule has 7 nitrogen and oxygen atoms in total. The third kappa shape index (κ3) is 3.11. The van der Waals surface area contributed by atoms with Gasteiger partial charge >= 0.3 is 5.82 Å². The number of anilines is 2. The molecule has 0 bridgehead atoms. The predicted octanol–water partition coefficient (Wildman–Crippen LogP) is 3.41. The highest BCUT2D eigenvalue weighted by molar-refractivity contribution is 6.31. The molecule has 0 unspecified atom stereocenters. The maximum Gasteiger partial charge on any atom is 0.356 e. The zero-order valence-corrected chi connectivity index (χ0v) is 16.2. The number of piperazine rings is 1. The molecule has 1 aliphatic rings. The van der Waals surface area contributed by atoms with Gasteiger partial charge in [0, 0.05) is 20.2 Å². The Balaban J connectivity index is 1.69. The number of halogens is 2. The first-order valence-corrected chi connectivity index (χ1v) is 9.39. The summed E-state index contributed by atoms with van der Waals surface area (Å²) >= 11 is 11.9. The lowest BCUT2D eigenvalue weighted by Crippen LogP contribution is -2.49. The van der Waals surface area contributed by atoms with Crippen molar-refractivity contribution in [2.75, 3.05) is 36.0 Å². The van der Waals surface area contributed by atoms with E-state index in [0.717, 1.165) is 5.69 Å². The molecule has 9 heteroatoms. The van der Waals surface area contributed by atoms with E-state index in [1.165, 1.54) is 12.1 Å². The summed E-state index contributed by atoms with van der Waals surface area (Å²) in [7, 11) is 0. The summed E-state index contributed by atoms with van der Waals surface area (Å²) in [5.41, 5.74) is 1.05. The van der Waals surface area contributed by atoms with Gasteiger partial charge in [-0.05, 0) is 42.5 Å². The van der Waals surface area contributed by atoms with E-state index in [2.05, 4.69) is 4.90 Å². The first kappa shape index (κ1) is 18.4. The summed E-state index contributed by atoms with van der Waals surface area (Å²) in [6, 6.07) is 13.9. The number of rotatable bonds is 2. The van der Waals surface area contributed by atoms with E-state index in [1.807, 2.05) is 30.3 Å². The molecule has 4 rings (SSSR count). The first-order valence-electron chi connectivity index (χ1n) is 8.63. The van der Waals surface area contributed by atoms with E-state index < -0.39 is 0 Å². The summed E-state index contributed by atoms with van der Waals surface area (Å²) in [6.07, 6.45) is 0. The number of hydrogen-bond acceptors (Lipinski definition) is 5. The van der Waals surface area contributed by atoms with Gasteiger partial charge in [-0.15, -0.1) is 0 Å². The lowest BCUT2D eigenvalue weighted by Gasteiger charge is -2.33. The molecule has 0 N–H and O–H groups in total. The first-order chi connectivity index (χ1) is 13.5. The molecular formula is C19H15Cl2N5O2. The molecule has 0 amide bonds. The van der Waals surface area contributed by atoms with Crippen molar-refractivity contribution in [3.05, 3.63) is 68.3 Å². The van der Waals surface area contributed by atoms with Crippen LogP contribution >= 0.6 is 23.2 Å². The third-order valence-electron chi connectivity index (χ3n) is 4.86. The van der Waals surface area contributed by atoms with E-state index in [0.29, 0.717) is 45.4 Å². The number of nitrogens with zero attached hydrogens (tertiary/aromatic N) is 5. The van der Waals surface area contributed by atoms with Crippen LogP contribution in [0.1, 0.15) is 5.69 Å². The molecule has 3 aromatic rings. The van der Waals surface area contributed by atoms with Crippen molar-refractivity contribution in [3.8, 4) is 6.07 Å². The Morgan fingerprint density at radius 1 is 0.964 bits per heavy atom. The van der Waals surface area contributed by atoms with Gasteiger partial charge in [-0.2, -0.15) is 5.26 Å². The van der Waals surface area contributed by atoms with E-state index >= 15 is 0 Å². The number of aromatic nitrogens is 2. The van der Waals surface area contributed by atoms with Crippen LogP contribution in [0.15, 0.2) is 42.5 Å². The minimum atomic E-state index is -0.232. The summed E-state index contributed by atoms with van der Waals surface area (Å²) < 4.78 is 1.13. The van der Waals surface area contributed by atoms with Crippen molar-refractivity contribution in [3.63, 3.8) is 0 Å². The molecule has 142 valence electrons. The van der Waals surface area contributed by atoms with Crippen LogP contribution in [-0.2, 0) is 0 Å². The lowest BCUT2D eigenvalue weighted by molar-refractivity contribution is -0.451. The molecule has 0 spiro atoms. The summed E-state index contributed by atoms with van der Waals surface area (Å²) in [5, 5.41) is 23.2. The van der Waals surface area contributed by atoms with E-state index in [4.69, 9.17) is 23.2 Å². The van der Waals surface area contributed by atoms with Gasteiger partial charge in [0.2, 0.25) is 11.2 Å². The molecular weight excluding hydrogens is 401 g/mol. The Bertz CT molecular complexity index is 1150. The number of benzene rings is 2. The summed E-state index contributed by atoms with van der Waals surface area (Å²) in [4.78, 5) is 16.9. The van der Waals surface area contributed by atoms with Crippen molar-refractivity contribution >= 4 is 45.7 Å². The Kier molecular flexibility index (Phi) is 4.75. The van der Waals surface area contributed by atoms with Crippen LogP contribution in [0.4, 0.5) is 11.5 Å². The fraction of sp³-hybridized carbons (Fsp3) is 0.211.